The number of hydrogen-bond acceptors (Lipinski definition) is 1. The first-order chi connectivity index (χ1) is 24.8. The summed E-state index contributed by atoms with van der Waals surface area (Å²) in [4.78, 5) is 4.73. The highest BCUT2D eigenvalue weighted by Gasteiger charge is 2.19. The normalized spacial score (nSPS) is 13.9. The molecule has 10 rings (SSSR count). The SMILES string of the molecule is [2H]c1c([2H])c([2H])c2c(c1[2H])c1c([2H])nc(-n3c4ccccc4c4ccccc43)c([2H])c1n2-c1ccc2c3ccccc3n(-c3ccccc3)c2c1. The lowest BCUT2D eigenvalue weighted by Crippen LogP contribution is -1.99. The second-order valence-corrected chi connectivity index (χ2v) is 11.2. The fraction of sp³-hybridized carbons (Fsp3) is 0. The zero-order valence-corrected chi connectivity index (χ0v) is 23.8. The van der Waals surface area contributed by atoms with E-state index in [0.717, 1.165) is 49.3 Å². The Bertz CT molecular complexity index is 3050. The van der Waals surface area contributed by atoms with Crippen molar-refractivity contribution < 1.29 is 8.22 Å². The van der Waals surface area contributed by atoms with E-state index in [1.54, 1.807) is 4.57 Å². The average molecular weight is 581 g/mol. The Kier molecular flexibility index (Phi) is 3.92. The van der Waals surface area contributed by atoms with Gasteiger partial charge in [-0.15, -0.1) is 0 Å². The third kappa shape index (κ3) is 3.39. The maximum absolute atomic E-state index is 9.85. The molecule has 0 N–H and O–H groups in total. The standard InChI is InChI=1S/C41H26N4/c1-2-12-27(13-3-1)43-35-18-8-4-16-31(35)33-23-22-28(24-39(33)43)44-36-19-9-7-17-32(36)34-26-42-41(25-40(34)44)45-37-20-10-5-14-29(37)30-15-6-11-21-38(30)45/h1-26H/i7D,9D,17D,19D,25D,26D. The van der Waals surface area contributed by atoms with Crippen LogP contribution >= 0.6 is 0 Å². The summed E-state index contributed by atoms with van der Waals surface area (Å²) in [6, 6.07) is 38.7. The number of pyridine rings is 1. The van der Waals surface area contributed by atoms with Crippen LogP contribution in [-0.2, 0) is 0 Å². The summed E-state index contributed by atoms with van der Waals surface area (Å²) in [5.41, 5.74) is 5.63. The third-order valence-electron chi connectivity index (χ3n) is 8.83. The van der Waals surface area contributed by atoms with E-state index in [2.05, 4.69) is 16.7 Å². The highest BCUT2D eigenvalue weighted by atomic mass is 15.1. The second kappa shape index (κ2) is 9.18. The van der Waals surface area contributed by atoms with E-state index in [0.29, 0.717) is 5.69 Å². The molecule has 0 aliphatic carbocycles. The molecule has 0 atom stereocenters. The quantitative estimate of drug-likeness (QED) is 0.204. The zero-order valence-electron chi connectivity index (χ0n) is 29.8. The van der Waals surface area contributed by atoms with Crippen LogP contribution in [-0.4, -0.2) is 18.7 Å². The van der Waals surface area contributed by atoms with Gasteiger partial charge >= 0.3 is 0 Å². The van der Waals surface area contributed by atoms with Gasteiger partial charge in [0.2, 0.25) is 0 Å². The van der Waals surface area contributed by atoms with Crippen LogP contribution < -0.4 is 0 Å². The average Bonchev–Trinajstić information content (AvgIpc) is 3.81. The first kappa shape index (κ1) is 19.2. The number of para-hydroxylation sites is 5. The smallest absolute Gasteiger partial charge is 0.139 e. The maximum Gasteiger partial charge on any atom is 0.139 e. The van der Waals surface area contributed by atoms with Gasteiger partial charge in [0, 0.05) is 55.9 Å². The Hall–Kier alpha value is -6.13. The third-order valence-corrected chi connectivity index (χ3v) is 8.83. The largest absolute Gasteiger partial charge is 0.309 e. The first-order valence-electron chi connectivity index (χ1n) is 17.8. The van der Waals surface area contributed by atoms with Crippen LogP contribution in [0.25, 0.3) is 82.6 Å². The van der Waals surface area contributed by atoms with Crippen LogP contribution in [0.3, 0.4) is 0 Å². The summed E-state index contributed by atoms with van der Waals surface area (Å²) in [5, 5.41) is 4.43. The lowest BCUT2D eigenvalue weighted by Gasteiger charge is -2.12. The van der Waals surface area contributed by atoms with Crippen molar-refractivity contribution in [1.82, 2.24) is 18.7 Å². The van der Waals surface area contributed by atoms with Crippen LogP contribution in [0.2, 0.25) is 0 Å². The highest BCUT2D eigenvalue weighted by Crippen LogP contribution is 2.38. The molecule has 4 nitrogen and oxygen atoms in total. The number of fused-ring (bicyclic) bond motifs is 9. The minimum atomic E-state index is -0.399. The van der Waals surface area contributed by atoms with Crippen LogP contribution in [0.5, 0.6) is 0 Å². The molecule has 4 aromatic heterocycles. The predicted molar refractivity (Wildman–Crippen MR) is 187 cm³/mol. The molecule has 0 unspecified atom stereocenters. The Morgan fingerprint density at radius 3 is 1.71 bits per heavy atom. The van der Waals surface area contributed by atoms with Gasteiger partial charge in [0.25, 0.3) is 0 Å². The number of benzene rings is 6. The lowest BCUT2D eigenvalue weighted by atomic mass is 10.1. The van der Waals surface area contributed by atoms with Gasteiger partial charge in [0.1, 0.15) is 5.82 Å². The van der Waals surface area contributed by atoms with Crippen molar-refractivity contribution in [3.8, 4) is 17.2 Å². The first-order valence-corrected chi connectivity index (χ1v) is 14.8. The van der Waals surface area contributed by atoms with Gasteiger partial charge in [-0.3, -0.25) is 4.57 Å². The molecule has 4 heteroatoms. The van der Waals surface area contributed by atoms with Gasteiger partial charge in [-0.1, -0.05) is 97.0 Å². The Morgan fingerprint density at radius 2 is 1.00 bits per heavy atom. The minimum Gasteiger partial charge on any atom is -0.309 e. The molecule has 0 amide bonds. The molecular weight excluding hydrogens is 548 g/mol. The van der Waals surface area contributed by atoms with Crippen molar-refractivity contribution in [2.24, 2.45) is 0 Å². The molecule has 0 fully saturated rings. The molecule has 0 saturated carbocycles. The van der Waals surface area contributed by atoms with Gasteiger partial charge < -0.3 is 9.13 Å². The van der Waals surface area contributed by atoms with E-state index in [-0.39, 0.29) is 58.0 Å². The molecule has 210 valence electrons. The summed E-state index contributed by atoms with van der Waals surface area (Å²) < 4.78 is 60.4. The van der Waals surface area contributed by atoms with Crippen molar-refractivity contribution in [1.29, 1.82) is 0 Å². The number of hydrogen-bond donors (Lipinski definition) is 0. The molecule has 0 radical (unpaired) electrons. The molecule has 0 saturated heterocycles. The number of rotatable bonds is 3. The van der Waals surface area contributed by atoms with E-state index in [1.807, 2.05) is 114 Å². The van der Waals surface area contributed by atoms with E-state index >= 15 is 0 Å². The van der Waals surface area contributed by atoms with Gasteiger partial charge in [0.05, 0.1) is 41.3 Å². The summed E-state index contributed by atoms with van der Waals surface area (Å²) in [7, 11) is 0. The Labute approximate surface area is 267 Å². The van der Waals surface area contributed by atoms with Gasteiger partial charge in [-0.05, 0) is 48.5 Å². The van der Waals surface area contributed by atoms with Crippen molar-refractivity contribution in [3.63, 3.8) is 0 Å². The van der Waals surface area contributed by atoms with Crippen molar-refractivity contribution >= 4 is 65.4 Å². The maximum atomic E-state index is 9.85. The van der Waals surface area contributed by atoms with Gasteiger partial charge in [-0.2, -0.15) is 0 Å². The van der Waals surface area contributed by atoms with Crippen LogP contribution in [0.1, 0.15) is 8.22 Å². The fourth-order valence-corrected chi connectivity index (χ4v) is 6.93. The van der Waals surface area contributed by atoms with Crippen molar-refractivity contribution in [3.05, 3.63) is 158 Å². The minimum absolute atomic E-state index is 0.00395. The monoisotopic (exact) mass is 580 g/mol. The lowest BCUT2D eigenvalue weighted by molar-refractivity contribution is 1.08. The molecule has 0 bridgehead atoms. The van der Waals surface area contributed by atoms with E-state index in [9.17, 15) is 2.74 Å². The predicted octanol–water partition coefficient (Wildman–Crippen LogP) is 10.4. The van der Waals surface area contributed by atoms with Crippen LogP contribution in [0.15, 0.2) is 158 Å². The molecular formula is C41H26N4. The van der Waals surface area contributed by atoms with Gasteiger partial charge in [0.15, 0.2) is 0 Å². The van der Waals surface area contributed by atoms with Crippen LogP contribution in [0, 0.1) is 0 Å². The molecule has 6 aromatic carbocycles. The van der Waals surface area contributed by atoms with Gasteiger partial charge in [-0.25, -0.2) is 4.98 Å². The number of nitrogens with zero attached hydrogens (tertiary/aromatic N) is 4. The molecule has 0 aliphatic heterocycles. The summed E-state index contributed by atoms with van der Waals surface area (Å²) in [6.07, 6.45) is -0.175. The second-order valence-electron chi connectivity index (χ2n) is 11.2. The molecule has 0 aliphatic rings. The molecule has 4 heterocycles. The van der Waals surface area contributed by atoms with E-state index in [4.69, 9.17) is 10.5 Å². The summed E-state index contributed by atoms with van der Waals surface area (Å²) >= 11 is 0. The van der Waals surface area contributed by atoms with Crippen molar-refractivity contribution in [2.45, 2.75) is 0 Å². The number of aromatic nitrogens is 4. The zero-order chi connectivity index (χ0) is 34.7. The summed E-state index contributed by atoms with van der Waals surface area (Å²) in [5.74, 6) is 0.240. The Morgan fingerprint density at radius 1 is 0.422 bits per heavy atom. The van der Waals surface area contributed by atoms with Crippen LogP contribution in [0.4, 0.5) is 0 Å². The van der Waals surface area contributed by atoms with E-state index < -0.39 is 6.04 Å². The molecule has 0 spiro atoms. The summed E-state index contributed by atoms with van der Waals surface area (Å²) in [6.45, 7) is 0. The molecule has 10 aromatic rings. The van der Waals surface area contributed by atoms with Crippen molar-refractivity contribution in [2.75, 3.05) is 0 Å². The highest BCUT2D eigenvalue weighted by molar-refractivity contribution is 6.13. The molecule has 45 heavy (non-hydrogen) atoms. The topological polar surface area (TPSA) is 27.7 Å². The fourth-order valence-electron chi connectivity index (χ4n) is 6.93. The van der Waals surface area contributed by atoms with E-state index in [1.165, 1.54) is 0 Å². The Balaban J connectivity index is 1.39.